The van der Waals surface area contributed by atoms with Gasteiger partial charge in [-0.1, -0.05) is 17.7 Å². The highest BCUT2D eigenvalue weighted by atomic mass is 35.5. The van der Waals surface area contributed by atoms with Crippen molar-refractivity contribution in [1.29, 1.82) is 0 Å². The topological polar surface area (TPSA) is 50.8 Å². The fourth-order valence-electron chi connectivity index (χ4n) is 2.32. The average molecular weight is 381 g/mol. The molecule has 0 aliphatic carbocycles. The van der Waals surface area contributed by atoms with Gasteiger partial charge < -0.3 is 14.8 Å². The molecule has 2 rings (SSSR count). The zero-order chi connectivity index (χ0) is 18.2. The Morgan fingerprint density at radius 1 is 1.32 bits per heavy atom. The van der Waals surface area contributed by atoms with Crippen LogP contribution in [0.3, 0.4) is 0 Å². The van der Waals surface area contributed by atoms with Crippen LogP contribution in [-0.4, -0.2) is 38.1 Å². The van der Waals surface area contributed by atoms with Gasteiger partial charge in [-0.15, -0.1) is 17.9 Å². The number of nitrogens with zero attached hydrogens (tertiary/aromatic N) is 1. The third-order valence-electron chi connectivity index (χ3n) is 3.45. The summed E-state index contributed by atoms with van der Waals surface area (Å²) in [6.45, 7) is 5.22. The molecule has 1 aromatic heterocycles. The van der Waals surface area contributed by atoms with Gasteiger partial charge in [0.25, 0.3) is 0 Å². The van der Waals surface area contributed by atoms with Crippen LogP contribution >= 0.6 is 22.9 Å². The Balaban J connectivity index is 2.02. The molecule has 0 aliphatic heterocycles. The number of carbonyl (C=O) groups is 1. The van der Waals surface area contributed by atoms with E-state index < -0.39 is 0 Å². The van der Waals surface area contributed by atoms with E-state index in [0.717, 1.165) is 9.21 Å². The lowest BCUT2D eigenvalue weighted by Crippen LogP contribution is -2.32. The molecule has 1 aromatic carbocycles. The van der Waals surface area contributed by atoms with Crippen LogP contribution in [0.25, 0.3) is 0 Å². The van der Waals surface area contributed by atoms with E-state index in [1.54, 1.807) is 38.5 Å². The molecule has 0 saturated carbocycles. The van der Waals surface area contributed by atoms with E-state index in [1.165, 1.54) is 11.3 Å². The minimum Gasteiger partial charge on any atom is -0.497 e. The van der Waals surface area contributed by atoms with Crippen LogP contribution in [0, 0.1) is 0 Å². The van der Waals surface area contributed by atoms with Gasteiger partial charge in [-0.2, -0.15) is 0 Å². The zero-order valence-corrected chi connectivity index (χ0v) is 15.8. The number of halogens is 1. The van der Waals surface area contributed by atoms with Crippen molar-refractivity contribution in [2.45, 2.75) is 6.54 Å². The number of amides is 1. The Morgan fingerprint density at radius 2 is 2.12 bits per heavy atom. The Bertz CT molecular complexity index is 733. The lowest BCUT2D eigenvalue weighted by Gasteiger charge is -2.20. The predicted molar refractivity (Wildman–Crippen MR) is 103 cm³/mol. The van der Waals surface area contributed by atoms with Gasteiger partial charge in [-0.05, 0) is 24.3 Å². The normalized spacial score (nSPS) is 10.6. The first-order chi connectivity index (χ1) is 12.0. The van der Waals surface area contributed by atoms with Crippen molar-refractivity contribution >= 4 is 34.5 Å². The van der Waals surface area contributed by atoms with Gasteiger partial charge >= 0.3 is 0 Å². The van der Waals surface area contributed by atoms with Crippen LogP contribution in [-0.2, 0) is 11.3 Å². The number of thiophene rings is 1. The predicted octanol–water partition coefficient (Wildman–Crippen LogP) is 4.05. The van der Waals surface area contributed by atoms with Crippen LogP contribution in [0.2, 0.25) is 4.34 Å². The van der Waals surface area contributed by atoms with Crippen LogP contribution in [0.5, 0.6) is 11.5 Å². The first kappa shape index (κ1) is 19.3. The van der Waals surface area contributed by atoms with Gasteiger partial charge in [0.05, 0.1) is 30.8 Å². The number of benzene rings is 1. The average Bonchev–Trinajstić information content (AvgIpc) is 3.00. The largest absolute Gasteiger partial charge is 0.497 e. The van der Waals surface area contributed by atoms with E-state index in [2.05, 4.69) is 11.9 Å². The number of rotatable bonds is 9. The maximum absolute atomic E-state index is 12.4. The molecule has 5 nitrogen and oxygen atoms in total. The molecule has 1 N–H and O–H groups in total. The second kappa shape index (κ2) is 9.46. The molecular weight excluding hydrogens is 360 g/mol. The Morgan fingerprint density at radius 3 is 2.72 bits per heavy atom. The van der Waals surface area contributed by atoms with Crippen molar-refractivity contribution in [2.75, 3.05) is 32.6 Å². The highest BCUT2D eigenvalue weighted by Gasteiger charge is 2.14. The Labute approximate surface area is 156 Å². The first-order valence-corrected chi connectivity index (χ1v) is 8.84. The summed E-state index contributed by atoms with van der Waals surface area (Å²) in [7, 11) is 3.13. The second-order valence-corrected chi connectivity index (χ2v) is 7.08. The smallest absolute Gasteiger partial charge is 0.238 e. The number of hydrogen-bond acceptors (Lipinski definition) is 5. The number of anilines is 1. The molecule has 0 bridgehead atoms. The molecule has 1 heterocycles. The molecule has 2 aromatic rings. The van der Waals surface area contributed by atoms with Crippen molar-refractivity contribution in [1.82, 2.24) is 4.90 Å². The van der Waals surface area contributed by atoms with Gasteiger partial charge in [-0.25, -0.2) is 0 Å². The molecule has 0 aliphatic rings. The van der Waals surface area contributed by atoms with Gasteiger partial charge in [-0.3, -0.25) is 9.69 Å². The van der Waals surface area contributed by atoms with E-state index in [1.807, 2.05) is 17.0 Å². The molecule has 0 saturated heterocycles. The van der Waals surface area contributed by atoms with Crippen molar-refractivity contribution in [3.8, 4) is 11.5 Å². The maximum Gasteiger partial charge on any atom is 0.238 e. The third kappa shape index (κ3) is 5.77. The van der Waals surface area contributed by atoms with E-state index in [4.69, 9.17) is 21.1 Å². The molecular formula is C18H21ClN2O3S. The molecule has 0 atom stereocenters. The number of hydrogen-bond donors (Lipinski definition) is 1. The molecule has 0 spiro atoms. The number of ether oxygens (including phenoxy) is 2. The summed E-state index contributed by atoms with van der Waals surface area (Å²) in [4.78, 5) is 15.5. The van der Waals surface area contributed by atoms with Crippen molar-refractivity contribution in [2.24, 2.45) is 0 Å². The molecule has 1 amide bonds. The Kier molecular flexibility index (Phi) is 7.31. The van der Waals surface area contributed by atoms with Crippen LogP contribution in [0.4, 0.5) is 5.69 Å². The van der Waals surface area contributed by atoms with Crippen molar-refractivity contribution < 1.29 is 14.3 Å². The molecule has 134 valence electrons. The summed E-state index contributed by atoms with van der Waals surface area (Å²) in [6.07, 6.45) is 1.77. The van der Waals surface area contributed by atoms with E-state index in [-0.39, 0.29) is 12.5 Å². The summed E-state index contributed by atoms with van der Waals surface area (Å²) in [5.74, 6) is 1.08. The summed E-state index contributed by atoms with van der Waals surface area (Å²) < 4.78 is 11.2. The monoisotopic (exact) mass is 380 g/mol. The van der Waals surface area contributed by atoms with Gasteiger partial charge in [0.2, 0.25) is 5.91 Å². The molecule has 7 heteroatoms. The van der Waals surface area contributed by atoms with E-state index in [9.17, 15) is 4.79 Å². The first-order valence-electron chi connectivity index (χ1n) is 7.65. The van der Waals surface area contributed by atoms with E-state index >= 15 is 0 Å². The van der Waals surface area contributed by atoms with Crippen LogP contribution in [0.15, 0.2) is 43.0 Å². The summed E-state index contributed by atoms with van der Waals surface area (Å²) >= 11 is 7.48. The lowest BCUT2D eigenvalue weighted by molar-refractivity contribution is -0.117. The molecule has 0 radical (unpaired) electrons. The highest BCUT2D eigenvalue weighted by Crippen LogP contribution is 2.29. The summed E-state index contributed by atoms with van der Waals surface area (Å²) in [5.41, 5.74) is 0.603. The van der Waals surface area contributed by atoms with Gasteiger partial charge in [0, 0.05) is 24.0 Å². The zero-order valence-electron chi connectivity index (χ0n) is 14.3. The lowest BCUT2D eigenvalue weighted by atomic mass is 10.2. The quantitative estimate of drug-likeness (QED) is 0.667. The number of nitrogens with one attached hydrogen (secondary N) is 1. The Hall–Kier alpha value is -2.02. The minimum absolute atomic E-state index is 0.132. The summed E-state index contributed by atoms with van der Waals surface area (Å²) in [6, 6.07) is 9.08. The fourth-order valence-corrected chi connectivity index (χ4v) is 3.45. The standard InChI is InChI=1S/C18H21ClN2O3S/c1-4-9-21(11-14-6-8-17(19)25-14)12-18(22)20-15-7-5-13(23-2)10-16(15)24-3/h4-8,10H,1,9,11-12H2,2-3H3,(H,20,22). The maximum atomic E-state index is 12.4. The minimum atomic E-state index is -0.132. The van der Waals surface area contributed by atoms with Crippen LogP contribution < -0.4 is 14.8 Å². The van der Waals surface area contributed by atoms with Crippen LogP contribution in [0.1, 0.15) is 4.88 Å². The van der Waals surface area contributed by atoms with Gasteiger partial charge in [0.1, 0.15) is 11.5 Å². The SMILES string of the molecule is C=CCN(CC(=O)Nc1ccc(OC)cc1OC)Cc1ccc(Cl)s1. The molecule has 0 unspecified atom stereocenters. The molecule has 0 fully saturated rings. The third-order valence-corrected chi connectivity index (χ3v) is 4.66. The number of carbonyl (C=O) groups excluding carboxylic acids is 1. The van der Waals surface area contributed by atoms with Crippen molar-refractivity contribution in [3.63, 3.8) is 0 Å². The highest BCUT2D eigenvalue weighted by molar-refractivity contribution is 7.16. The summed E-state index contributed by atoms with van der Waals surface area (Å²) in [5, 5.41) is 2.87. The van der Waals surface area contributed by atoms with E-state index in [0.29, 0.717) is 30.3 Å². The number of methoxy groups -OCH3 is 2. The molecule has 25 heavy (non-hydrogen) atoms. The van der Waals surface area contributed by atoms with Gasteiger partial charge in [0.15, 0.2) is 0 Å². The fraction of sp³-hybridized carbons (Fsp3) is 0.278. The van der Waals surface area contributed by atoms with Crippen molar-refractivity contribution in [3.05, 3.63) is 52.2 Å². The second-order valence-electron chi connectivity index (χ2n) is 5.28.